The molecule has 0 spiro atoms. The van der Waals surface area contributed by atoms with Crippen molar-refractivity contribution < 1.29 is 4.79 Å². The Labute approximate surface area is 156 Å². The maximum absolute atomic E-state index is 12.4. The number of carbonyl (C=O) groups excluding carboxylic acids is 1. The summed E-state index contributed by atoms with van der Waals surface area (Å²) in [6, 6.07) is 10.5. The number of piperidine rings is 1. The molecule has 0 aliphatic carbocycles. The second-order valence-corrected chi connectivity index (χ2v) is 7.44. The smallest absolute Gasteiger partial charge is 0.276 e. The van der Waals surface area contributed by atoms with Gasteiger partial charge in [-0.1, -0.05) is 42.1 Å². The molecule has 0 unspecified atom stereocenters. The van der Waals surface area contributed by atoms with Gasteiger partial charge in [0.05, 0.1) is 5.75 Å². The number of nitrogens with one attached hydrogen (secondary N) is 1. The van der Waals surface area contributed by atoms with Gasteiger partial charge in [0.2, 0.25) is 5.91 Å². The minimum Gasteiger partial charge on any atom is -0.391 e. The Hall–Kier alpha value is -2.48. The van der Waals surface area contributed by atoms with Crippen LogP contribution in [0.3, 0.4) is 0 Å². The van der Waals surface area contributed by atoms with Crippen molar-refractivity contribution in [3.8, 4) is 0 Å². The van der Waals surface area contributed by atoms with Crippen molar-refractivity contribution in [3.63, 3.8) is 0 Å². The summed E-state index contributed by atoms with van der Waals surface area (Å²) < 4.78 is 0. The molecule has 1 aliphatic rings. The van der Waals surface area contributed by atoms with Gasteiger partial charge in [0.15, 0.2) is 11.0 Å². The van der Waals surface area contributed by atoms with E-state index in [-0.39, 0.29) is 23.2 Å². The molecule has 0 atom stereocenters. The summed E-state index contributed by atoms with van der Waals surface area (Å²) >= 11 is 1.17. The van der Waals surface area contributed by atoms with Crippen LogP contribution in [-0.2, 0) is 11.2 Å². The van der Waals surface area contributed by atoms with E-state index in [1.165, 1.54) is 17.3 Å². The Bertz CT molecular complexity index is 816. The predicted molar refractivity (Wildman–Crippen MR) is 104 cm³/mol. The lowest BCUT2D eigenvalue weighted by Gasteiger charge is -2.32. The van der Waals surface area contributed by atoms with Crippen LogP contribution in [0.1, 0.15) is 18.4 Å². The molecule has 7 nitrogen and oxygen atoms in total. The number of carbonyl (C=O) groups is 1. The first-order valence-corrected chi connectivity index (χ1v) is 9.61. The molecule has 26 heavy (non-hydrogen) atoms. The van der Waals surface area contributed by atoms with E-state index in [0.717, 1.165) is 32.4 Å². The lowest BCUT2D eigenvalue weighted by Crippen LogP contribution is -2.39. The second-order valence-electron chi connectivity index (χ2n) is 6.47. The minimum absolute atomic E-state index is 0.00887. The van der Waals surface area contributed by atoms with Crippen LogP contribution >= 0.6 is 11.8 Å². The number of likely N-dealkylation sites (tertiary alicyclic amines) is 1. The lowest BCUT2D eigenvalue weighted by molar-refractivity contribution is -0.129. The number of H-pyrrole nitrogens is 1. The molecule has 2 heterocycles. The fourth-order valence-electron chi connectivity index (χ4n) is 3.10. The quantitative estimate of drug-likeness (QED) is 0.540. The average Bonchev–Trinajstić information content (AvgIpc) is 2.65. The Morgan fingerprint density at radius 1 is 1.23 bits per heavy atom. The van der Waals surface area contributed by atoms with E-state index >= 15 is 0 Å². The van der Waals surface area contributed by atoms with Gasteiger partial charge in [0, 0.05) is 13.1 Å². The summed E-state index contributed by atoms with van der Waals surface area (Å²) in [5, 5.41) is 0.314. The summed E-state index contributed by atoms with van der Waals surface area (Å²) in [5.41, 5.74) is 11.8. The van der Waals surface area contributed by atoms with Crippen molar-refractivity contribution in [2.75, 3.05) is 30.3 Å². The summed E-state index contributed by atoms with van der Waals surface area (Å²) in [5.74, 6) is 0.871. The van der Waals surface area contributed by atoms with Crippen LogP contribution in [0.2, 0.25) is 0 Å². The van der Waals surface area contributed by atoms with E-state index in [1.807, 2.05) is 11.0 Å². The number of nitrogens with two attached hydrogens (primary N) is 2. The van der Waals surface area contributed by atoms with Crippen LogP contribution in [0.25, 0.3) is 0 Å². The van der Waals surface area contributed by atoms with Crippen LogP contribution in [0.5, 0.6) is 0 Å². The fraction of sp³-hybridized carbons (Fsp3) is 0.389. The molecule has 0 radical (unpaired) electrons. The highest BCUT2D eigenvalue weighted by atomic mass is 32.2. The highest BCUT2D eigenvalue weighted by Crippen LogP contribution is 2.23. The number of nitrogen functional groups attached to an aromatic ring is 2. The zero-order valence-corrected chi connectivity index (χ0v) is 15.3. The average molecular weight is 373 g/mol. The van der Waals surface area contributed by atoms with Crippen molar-refractivity contribution in [1.29, 1.82) is 0 Å². The zero-order chi connectivity index (χ0) is 18.5. The standard InChI is InChI=1S/C18H23N5O2S/c19-15-16(20)21-18(22-17(15)25)26-11-14(24)23-8-6-13(7-9-23)10-12-4-2-1-3-5-12/h1-5,13H,6-11,19H2,(H3,20,21,22,25). The Kier molecular flexibility index (Phi) is 5.82. The summed E-state index contributed by atoms with van der Waals surface area (Å²) in [6.07, 6.45) is 3.08. The number of thioether (sulfide) groups is 1. The molecule has 0 saturated carbocycles. The van der Waals surface area contributed by atoms with Gasteiger partial charge in [-0.15, -0.1) is 0 Å². The molecule has 5 N–H and O–H groups in total. The molecule has 1 aromatic carbocycles. The normalized spacial score (nSPS) is 15.2. The Morgan fingerprint density at radius 3 is 2.58 bits per heavy atom. The van der Waals surface area contributed by atoms with Crippen LogP contribution in [0, 0.1) is 5.92 Å². The monoisotopic (exact) mass is 373 g/mol. The van der Waals surface area contributed by atoms with Gasteiger partial charge in [0.1, 0.15) is 5.69 Å². The Morgan fingerprint density at radius 2 is 1.92 bits per heavy atom. The predicted octanol–water partition coefficient (Wildman–Crippen LogP) is 1.51. The third kappa shape index (κ3) is 4.57. The van der Waals surface area contributed by atoms with Gasteiger partial charge in [-0.05, 0) is 30.7 Å². The molecule has 1 fully saturated rings. The molecule has 0 bridgehead atoms. The molecule has 1 amide bonds. The van der Waals surface area contributed by atoms with Crippen LogP contribution in [0.4, 0.5) is 11.5 Å². The number of anilines is 2. The number of amides is 1. The van der Waals surface area contributed by atoms with E-state index in [0.29, 0.717) is 11.1 Å². The maximum atomic E-state index is 12.4. The molecular weight excluding hydrogens is 350 g/mol. The van der Waals surface area contributed by atoms with Gasteiger partial charge in [-0.2, -0.15) is 0 Å². The van der Waals surface area contributed by atoms with Gasteiger partial charge < -0.3 is 16.4 Å². The number of nitrogens with zero attached hydrogens (tertiary/aromatic N) is 2. The first-order valence-electron chi connectivity index (χ1n) is 8.62. The van der Waals surface area contributed by atoms with Crippen molar-refractivity contribution >= 4 is 29.2 Å². The van der Waals surface area contributed by atoms with Gasteiger partial charge in [0.25, 0.3) is 5.56 Å². The molecule has 138 valence electrons. The first kappa shape index (κ1) is 18.3. The topological polar surface area (TPSA) is 118 Å². The van der Waals surface area contributed by atoms with Crippen molar-refractivity contribution in [1.82, 2.24) is 14.9 Å². The van der Waals surface area contributed by atoms with Gasteiger partial charge >= 0.3 is 0 Å². The largest absolute Gasteiger partial charge is 0.391 e. The summed E-state index contributed by atoms with van der Waals surface area (Å²) in [6.45, 7) is 1.54. The molecule has 1 aliphatic heterocycles. The minimum atomic E-state index is -0.478. The number of aromatic nitrogens is 2. The van der Waals surface area contributed by atoms with Crippen molar-refractivity contribution in [2.24, 2.45) is 5.92 Å². The summed E-state index contributed by atoms with van der Waals surface area (Å²) in [7, 11) is 0. The first-order chi connectivity index (χ1) is 12.5. The lowest BCUT2D eigenvalue weighted by atomic mass is 9.90. The van der Waals surface area contributed by atoms with E-state index in [2.05, 4.69) is 34.2 Å². The van der Waals surface area contributed by atoms with Crippen LogP contribution < -0.4 is 17.0 Å². The Balaban J connectivity index is 1.47. The number of hydrogen-bond acceptors (Lipinski definition) is 6. The molecular formula is C18H23N5O2S. The third-order valence-electron chi connectivity index (χ3n) is 4.63. The van der Waals surface area contributed by atoms with E-state index in [4.69, 9.17) is 11.5 Å². The summed E-state index contributed by atoms with van der Waals surface area (Å²) in [4.78, 5) is 32.4. The van der Waals surface area contributed by atoms with Gasteiger partial charge in [-0.3, -0.25) is 14.6 Å². The number of benzene rings is 1. The molecule has 2 aromatic rings. The molecule has 3 rings (SSSR count). The fourth-order valence-corrected chi connectivity index (χ4v) is 3.87. The molecule has 1 aromatic heterocycles. The van der Waals surface area contributed by atoms with Gasteiger partial charge in [-0.25, -0.2) is 4.98 Å². The number of aromatic amines is 1. The van der Waals surface area contributed by atoms with E-state index < -0.39 is 5.56 Å². The van der Waals surface area contributed by atoms with Crippen LogP contribution in [-0.4, -0.2) is 39.6 Å². The molecule has 8 heteroatoms. The number of rotatable bonds is 5. The molecule has 1 saturated heterocycles. The van der Waals surface area contributed by atoms with E-state index in [1.54, 1.807) is 0 Å². The second kappa shape index (κ2) is 8.27. The zero-order valence-electron chi connectivity index (χ0n) is 14.5. The van der Waals surface area contributed by atoms with Crippen molar-refractivity contribution in [3.05, 3.63) is 46.2 Å². The highest BCUT2D eigenvalue weighted by Gasteiger charge is 2.23. The van der Waals surface area contributed by atoms with E-state index in [9.17, 15) is 9.59 Å². The number of hydrogen-bond donors (Lipinski definition) is 3. The van der Waals surface area contributed by atoms with Crippen molar-refractivity contribution in [2.45, 2.75) is 24.4 Å². The third-order valence-corrected chi connectivity index (χ3v) is 5.49. The maximum Gasteiger partial charge on any atom is 0.276 e. The van der Waals surface area contributed by atoms with Crippen LogP contribution in [0.15, 0.2) is 40.3 Å². The highest BCUT2D eigenvalue weighted by molar-refractivity contribution is 7.99. The SMILES string of the molecule is Nc1nc(SCC(=O)N2CCC(Cc3ccccc3)CC2)[nH]c(=O)c1N.